The van der Waals surface area contributed by atoms with Gasteiger partial charge >= 0.3 is 0 Å². The van der Waals surface area contributed by atoms with Crippen LogP contribution < -0.4 is 10.1 Å². The first kappa shape index (κ1) is 18.3. The molecule has 0 saturated heterocycles. The third-order valence-corrected chi connectivity index (χ3v) is 4.85. The Morgan fingerprint density at radius 1 is 1.19 bits per heavy atom. The molecule has 26 heavy (non-hydrogen) atoms. The van der Waals surface area contributed by atoms with E-state index in [1.807, 2.05) is 30.3 Å². The Morgan fingerprint density at radius 2 is 1.88 bits per heavy atom. The van der Waals surface area contributed by atoms with Gasteiger partial charge in [0.25, 0.3) is 0 Å². The summed E-state index contributed by atoms with van der Waals surface area (Å²) in [6.07, 6.45) is 1.08. The molecule has 0 radical (unpaired) electrons. The number of hydrogen-bond acceptors (Lipinski definition) is 3. The SMILES string of the molecule is COc1ccc(Cl)cc1NC(=O)C1(C(=O)N(C)Cc2ccccc2)CC1. The van der Waals surface area contributed by atoms with Crippen molar-refractivity contribution in [1.82, 2.24) is 4.90 Å². The summed E-state index contributed by atoms with van der Waals surface area (Å²) in [7, 11) is 3.24. The summed E-state index contributed by atoms with van der Waals surface area (Å²) >= 11 is 6.01. The molecule has 0 unspecified atom stereocenters. The van der Waals surface area contributed by atoms with Gasteiger partial charge in [-0.2, -0.15) is 0 Å². The van der Waals surface area contributed by atoms with E-state index in [0.29, 0.717) is 35.8 Å². The third kappa shape index (κ3) is 3.68. The van der Waals surface area contributed by atoms with Gasteiger partial charge in [-0.05, 0) is 36.6 Å². The Hall–Kier alpha value is -2.53. The Balaban J connectivity index is 1.72. The number of carbonyl (C=O) groups is 2. The minimum atomic E-state index is -1.00. The highest BCUT2D eigenvalue weighted by Crippen LogP contribution is 2.48. The minimum Gasteiger partial charge on any atom is -0.495 e. The van der Waals surface area contributed by atoms with Gasteiger partial charge in [0.2, 0.25) is 11.8 Å². The summed E-state index contributed by atoms with van der Waals surface area (Å²) in [6, 6.07) is 14.7. The lowest BCUT2D eigenvalue weighted by molar-refractivity contribution is -0.141. The summed E-state index contributed by atoms with van der Waals surface area (Å²) in [5.74, 6) is 0.0199. The number of ether oxygens (including phenoxy) is 1. The van der Waals surface area contributed by atoms with Gasteiger partial charge in [-0.15, -0.1) is 0 Å². The predicted molar refractivity (Wildman–Crippen MR) is 101 cm³/mol. The number of nitrogens with one attached hydrogen (secondary N) is 1. The fraction of sp³-hybridized carbons (Fsp3) is 0.300. The first-order valence-corrected chi connectivity index (χ1v) is 8.78. The van der Waals surface area contributed by atoms with Gasteiger partial charge in [0, 0.05) is 18.6 Å². The van der Waals surface area contributed by atoms with Crippen LogP contribution in [-0.4, -0.2) is 30.9 Å². The molecule has 0 spiro atoms. The van der Waals surface area contributed by atoms with Crippen LogP contribution in [0.25, 0.3) is 0 Å². The van der Waals surface area contributed by atoms with E-state index in [0.717, 1.165) is 5.56 Å². The van der Waals surface area contributed by atoms with Gasteiger partial charge in [-0.1, -0.05) is 41.9 Å². The molecular formula is C20H21ClN2O3. The molecule has 2 aromatic rings. The summed E-state index contributed by atoms with van der Waals surface area (Å²) in [4.78, 5) is 27.3. The molecule has 0 aliphatic heterocycles. The van der Waals surface area contributed by atoms with Gasteiger partial charge in [-0.25, -0.2) is 0 Å². The van der Waals surface area contributed by atoms with Gasteiger partial charge in [0.1, 0.15) is 11.2 Å². The number of amides is 2. The van der Waals surface area contributed by atoms with Gasteiger partial charge in [0.15, 0.2) is 0 Å². The predicted octanol–water partition coefficient (Wildman–Crippen LogP) is 3.73. The van der Waals surface area contributed by atoms with Crippen LogP contribution in [0.15, 0.2) is 48.5 Å². The van der Waals surface area contributed by atoms with Crippen molar-refractivity contribution in [1.29, 1.82) is 0 Å². The molecular weight excluding hydrogens is 352 g/mol. The quantitative estimate of drug-likeness (QED) is 0.786. The molecule has 0 aromatic heterocycles. The fourth-order valence-corrected chi connectivity index (χ4v) is 3.15. The lowest BCUT2D eigenvalue weighted by Gasteiger charge is -2.23. The Labute approximate surface area is 157 Å². The zero-order valence-electron chi connectivity index (χ0n) is 14.8. The maximum atomic E-state index is 12.9. The molecule has 0 heterocycles. The summed E-state index contributed by atoms with van der Waals surface area (Å²) < 4.78 is 5.25. The topological polar surface area (TPSA) is 58.6 Å². The Morgan fingerprint density at radius 3 is 2.50 bits per heavy atom. The number of halogens is 1. The van der Waals surface area contributed by atoms with E-state index >= 15 is 0 Å². The molecule has 1 saturated carbocycles. The van der Waals surface area contributed by atoms with Crippen LogP contribution in [0.2, 0.25) is 5.02 Å². The molecule has 1 fully saturated rings. The van der Waals surface area contributed by atoms with Crippen LogP contribution >= 0.6 is 11.6 Å². The number of anilines is 1. The highest BCUT2D eigenvalue weighted by atomic mass is 35.5. The van der Waals surface area contributed by atoms with E-state index in [-0.39, 0.29) is 11.8 Å². The number of hydrogen-bond donors (Lipinski definition) is 1. The smallest absolute Gasteiger partial charge is 0.240 e. The van der Waals surface area contributed by atoms with Crippen LogP contribution in [0.4, 0.5) is 5.69 Å². The van der Waals surface area contributed by atoms with E-state index in [1.54, 1.807) is 30.1 Å². The number of nitrogens with zero attached hydrogens (tertiary/aromatic N) is 1. The lowest BCUT2D eigenvalue weighted by atomic mass is 10.0. The van der Waals surface area contributed by atoms with Crippen molar-refractivity contribution in [3.8, 4) is 5.75 Å². The van der Waals surface area contributed by atoms with E-state index in [4.69, 9.17) is 16.3 Å². The third-order valence-electron chi connectivity index (χ3n) is 4.61. The average Bonchev–Trinajstić information content (AvgIpc) is 3.44. The van der Waals surface area contributed by atoms with Gasteiger partial charge < -0.3 is 15.0 Å². The Bertz CT molecular complexity index is 819. The van der Waals surface area contributed by atoms with E-state index in [2.05, 4.69) is 5.32 Å². The van der Waals surface area contributed by atoms with Gasteiger partial charge in [0.05, 0.1) is 12.8 Å². The molecule has 6 heteroatoms. The number of carbonyl (C=O) groups excluding carboxylic acids is 2. The maximum Gasteiger partial charge on any atom is 0.240 e. The van der Waals surface area contributed by atoms with Crippen molar-refractivity contribution in [3.63, 3.8) is 0 Å². The molecule has 5 nitrogen and oxygen atoms in total. The fourth-order valence-electron chi connectivity index (χ4n) is 2.98. The zero-order valence-corrected chi connectivity index (χ0v) is 15.5. The zero-order chi connectivity index (χ0) is 18.7. The van der Waals surface area contributed by atoms with Crippen LogP contribution in [0.1, 0.15) is 18.4 Å². The van der Waals surface area contributed by atoms with Crippen LogP contribution in [-0.2, 0) is 16.1 Å². The Kier molecular flexibility index (Phi) is 5.18. The number of rotatable bonds is 6. The molecule has 1 aliphatic rings. The molecule has 0 bridgehead atoms. The normalized spacial score (nSPS) is 14.4. The second kappa shape index (κ2) is 7.38. The van der Waals surface area contributed by atoms with Crippen LogP contribution in [0.3, 0.4) is 0 Å². The molecule has 0 atom stereocenters. The second-order valence-corrected chi connectivity index (χ2v) is 6.96. The summed E-state index contributed by atoms with van der Waals surface area (Å²) in [5.41, 5.74) is 0.488. The first-order chi connectivity index (χ1) is 12.5. The van der Waals surface area contributed by atoms with Crippen LogP contribution in [0.5, 0.6) is 5.75 Å². The first-order valence-electron chi connectivity index (χ1n) is 8.41. The highest BCUT2D eigenvalue weighted by Gasteiger charge is 2.57. The van der Waals surface area contributed by atoms with Gasteiger partial charge in [-0.3, -0.25) is 9.59 Å². The van der Waals surface area contributed by atoms with E-state index in [9.17, 15) is 9.59 Å². The average molecular weight is 373 g/mol. The minimum absolute atomic E-state index is 0.167. The largest absolute Gasteiger partial charge is 0.495 e. The van der Waals surface area contributed by atoms with Crippen molar-refractivity contribution in [2.24, 2.45) is 5.41 Å². The van der Waals surface area contributed by atoms with E-state index < -0.39 is 5.41 Å². The highest BCUT2D eigenvalue weighted by molar-refractivity contribution is 6.31. The van der Waals surface area contributed by atoms with Crippen molar-refractivity contribution in [3.05, 3.63) is 59.1 Å². The van der Waals surface area contributed by atoms with E-state index in [1.165, 1.54) is 7.11 Å². The van der Waals surface area contributed by atoms with Crippen LogP contribution in [0, 0.1) is 5.41 Å². The number of benzene rings is 2. The molecule has 1 N–H and O–H groups in total. The lowest BCUT2D eigenvalue weighted by Crippen LogP contribution is -2.40. The molecule has 1 aliphatic carbocycles. The molecule has 2 aromatic carbocycles. The van der Waals surface area contributed by atoms with Crippen molar-refractivity contribution in [2.45, 2.75) is 19.4 Å². The standard InChI is InChI=1S/C20H21ClN2O3/c1-23(13-14-6-4-3-5-7-14)19(25)20(10-11-20)18(24)22-16-12-15(21)8-9-17(16)26-2/h3-9,12H,10-11,13H2,1-2H3,(H,22,24). The second-order valence-electron chi connectivity index (χ2n) is 6.53. The summed E-state index contributed by atoms with van der Waals surface area (Å²) in [5, 5.41) is 3.29. The van der Waals surface area contributed by atoms with Crippen molar-refractivity contribution in [2.75, 3.05) is 19.5 Å². The molecule has 136 valence electrons. The maximum absolute atomic E-state index is 12.9. The molecule has 3 rings (SSSR count). The molecule has 2 amide bonds. The summed E-state index contributed by atoms with van der Waals surface area (Å²) in [6.45, 7) is 0.467. The van der Waals surface area contributed by atoms with Crippen molar-refractivity contribution < 1.29 is 14.3 Å². The van der Waals surface area contributed by atoms with Crippen molar-refractivity contribution >= 4 is 29.1 Å². The number of methoxy groups -OCH3 is 1. The monoisotopic (exact) mass is 372 g/mol.